The van der Waals surface area contributed by atoms with Gasteiger partial charge in [-0.05, 0) is 67.0 Å². The first-order chi connectivity index (χ1) is 16.2. The quantitative estimate of drug-likeness (QED) is 0.369. The van der Waals surface area contributed by atoms with Gasteiger partial charge < -0.3 is 18.7 Å². The highest BCUT2D eigenvalue weighted by Crippen LogP contribution is 2.46. The highest BCUT2D eigenvalue weighted by atomic mass is 28.3. The fraction of sp³-hybridized carbons (Fsp3) is 0.714. The Bertz CT molecular complexity index is 942. The molecule has 2 atom stereocenters. The van der Waals surface area contributed by atoms with Gasteiger partial charge in [0.05, 0.1) is 18.8 Å². The fourth-order valence-electron chi connectivity index (χ4n) is 6.91. The molecule has 0 amide bonds. The Morgan fingerprint density at radius 2 is 1.76 bits per heavy atom. The standard InChI is InChI=1S/C28H47N3O2Si/c1-9-29(8)15-13-23-18-31(34(20(2)3,21(4)5)22(6)7)26-11-10-12-27(28(23)26)33-30-16-14-24-17-25(19-30)32-24/h10-12,18,20-22,24-25H,9,13-17,19H2,1-8H3/t24-,25-/m1/s1. The van der Waals surface area contributed by atoms with E-state index < -0.39 is 8.24 Å². The number of aromatic nitrogens is 1. The maximum absolute atomic E-state index is 6.67. The van der Waals surface area contributed by atoms with E-state index in [-0.39, 0.29) is 0 Å². The normalized spacial score (nSPS) is 21.6. The van der Waals surface area contributed by atoms with E-state index in [1.807, 2.05) is 0 Å². The average Bonchev–Trinajstić information content (AvgIpc) is 2.88. The van der Waals surface area contributed by atoms with Crippen molar-refractivity contribution in [3.05, 3.63) is 30.0 Å². The Balaban J connectivity index is 1.81. The SMILES string of the molecule is CCN(C)CCc1cn([Si](C(C)C)(C(C)C)C(C)C)c2cccc(ON3CC[C@@H]4C[C@H](C3)O4)c12. The van der Waals surface area contributed by atoms with Crippen LogP contribution in [0, 0.1) is 0 Å². The van der Waals surface area contributed by atoms with Crippen LogP contribution in [-0.2, 0) is 11.2 Å². The predicted molar refractivity (Wildman–Crippen MR) is 145 cm³/mol. The summed E-state index contributed by atoms with van der Waals surface area (Å²) in [5.41, 5.74) is 4.74. The van der Waals surface area contributed by atoms with Gasteiger partial charge in [0.25, 0.3) is 0 Å². The van der Waals surface area contributed by atoms with E-state index in [4.69, 9.17) is 9.57 Å². The summed E-state index contributed by atoms with van der Waals surface area (Å²) in [4.78, 5) is 9.08. The summed E-state index contributed by atoms with van der Waals surface area (Å²) in [6, 6.07) is 6.72. The lowest BCUT2D eigenvalue weighted by molar-refractivity contribution is -0.135. The van der Waals surface area contributed by atoms with Gasteiger partial charge in [-0.15, -0.1) is 5.06 Å². The molecule has 3 saturated heterocycles. The Morgan fingerprint density at radius 1 is 1.09 bits per heavy atom. The van der Waals surface area contributed by atoms with E-state index in [9.17, 15) is 0 Å². The van der Waals surface area contributed by atoms with Crippen LogP contribution in [0.3, 0.4) is 0 Å². The van der Waals surface area contributed by atoms with Crippen LogP contribution < -0.4 is 4.84 Å². The lowest BCUT2D eigenvalue weighted by Crippen LogP contribution is -2.51. The minimum absolute atomic E-state index is 0.330. The molecule has 0 radical (unpaired) electrons. The molecular formula is C28H47N3O2Si. The van der Waals surface area contributed by atoms with Crippen molar-refractivity contribution >= 4 is 19.1 Å². The summed E-state index contributed by atoms with van der Waals surface area (Å²) in [7, 11) is 0.332. The lowest BCUT2D eigenvalue weighted by atomic mass is 10.0. The summed E-state index contributed by atoms with van der Waals surface area (Å²) in [5, 5.41) is 3.48. The van der Waals surface area contributed by atoms with E-state index in [1.54, 1.807) is 0 Å². The maximum Gasteiger partial charge on any atom is 0.169 e. The van der Waals surface area contributed by atoms with Gasteiger partial charge in [0.1, 0.15) is 0 Å². The van der Waals surface area contributed by atoms with Crippen molar-refractivity contribution in [1.29, 1.82) is 0 Å². The first-order valence-electron chi connectivity index (χ1n) is 13.6. The molecule has 1 aromatic carbocycles. The van der Waals surface area contributed by atoms with Crippen LogP contribution in [0.4, 0.5) is 0 Å². The van der Waals surface area contributed by atoms with Crippen molar-refractivity contribution in [3.63, 3.8) is 0 Å². The van der Waals surface area contributed by atoms with Gasteiger partial charge >= 0.3 is 0 Å². The number of likely N-dealkylation sites (N-methyl/N-ethyl adjacent to an activating group) is 1. The van der Waals surface area contributed by atoms with E-state index >= 15 is 0 Å². The van der Waals surface area contributed by atoms with Crippen LogP contribution in [0.2, 0.25) is 16.6 Å². The number of fused-ring (bicyclic) bond motifs is 4. The molecule has 6 heteroatoms. The molecule has 3 aliphatic rings. The summed E-state index contributed by atoms with van der Waals surface area (Å²) >= 11 is 0. The zero-order valence-corrected chi connectivity index (χ0v) is 23.8. The zero-order chi connectivity index (χ0) is 24.6. The smallest absolute Gasteiger partial charge is 0.169 e. The number of hydroxylamine groups is 2. The second-order valence-corrected chi connectivity index (χ2v) is 17.3. The second kappa shape index (κ2) is 10.3. The molecule has 190 valence electrons. The molecule has 0 unspecified atom stereocenters. The number of rotatable bonds is 10. The molecule has 0 N–H and O–H groups in total. The maximum atomic E-state index is 6.67. The van der Waals surface area contributed by atoms with Gasteiger partial charge in [-0.3, -0.25) is 0 Å². The van der Waals surface area contributed by atoms with Gasteiger partial charge in [-0.1, -0.05) is 54.5 Å². The largest absolute Gasteiger partial charge is 0.405 e. The van der Waals surface area contributed by atoms with Crippen molar-refractivity contribution < 1.29 is 9.57 Å². The number of hydrogen-bond acceptors (Lipinski definition) is 4. The van der Waals surface area contributed by atoms with E-state index in [0.29, 0.717) is 28.8 Å². The highest BCUT2D eigenvalue weighted by Gasteiger charge is 2.46. The Labute approximate surface area is 208 Å². The number of nitrogens with zero attached hydrogens (tertiary/aromatic N) is 3. The van der Waals surface area contributed by atoms with E-state index in [1.165, 1.54) is 22.9 Å². The van der Waals surface area contributed by atoms with Crippen LogP contribution >= 0.6 is 0 Å². The number of benzene rings is 1. The third kappa shape index (κ3) is 4.59. The molecule has 0 saturated carbocycles. The molecule has 4 heterocycles. The van der Waals surface area contributed by atoms with Crippen LogP contribution in [-0.4, -0.2) is 67.9 Å². The molecular weight excluding hydrogens is 438 g/mol. The Kier molecular flexibility index (Phi) is 7.82. The van der Waals surface area contributed by atoms with Crippen molar-refractivity contribution in [1.82, 2.24) is 14.2 Å². The van der Waals surface area contributed by atoms with Crippen LogP contribution in [0.25, 0.3) is 10.9 Å². The first-order valence-corrected chi connectivity index (χ1v) is 15.8. The monoisotopic (exact) mass is 485 g/mol. The first kappa shape index (κ1) is 25.7. The molecule has 0 aliphatic carbocycles. The lowest BCUT2D eigenvalue weighted by Gasteiger charge is -2.44. The fourth-order valence-corrected chi connectivity index (χ4v) is 13.6. The minimum Gasteiger partial charge on any atom is -0.405 e. The molecule has 3 aliphatic heterocycles. The second-order valence-electron chi connectivity index (χ2n) is 11.6. The summed E-state index contributed by atoms with van der Waals surface area (Å²) < 4.78 is 8.72. The minimum atomic E-state index is -1.89. The summed E-state index contributed by atoms with van der Waals surface area (Å²) in [6.45, 7) is 20.9. The molecule has 2 aromatic rings. The van der Waals surface area contributed by atoms with E-state index in [0.717, 1.165) is 44.8 Å². The molecule has 5 nitrogen and oxygen atoms in total. The zero-order valence-electron chi connectivity index (χ0n) is 22.8. The molecule has 0 spiro atoms. The predicted octanol–water partition coefficient (Wildman–Crippen LogP) is 6.32. The Hall–Kier alpha value is -1.34. The Morgan fingerprint density at radius 3 is 2.38 bits per heavy atom. The van der Waals surface area contributed by atoms with Gasteiger partial charge in [0.2, 0.25) is 0 Å². The summed E-state index contributed by atoms with van der Waals surface area (Å²) in [6.07, 6.45) is 6.57. The van der Waals surface area contributed by atoms with Crippen molar-refractivity contribution in [2.24, 2.45) is 0 Å². The molecule has 1 aromatic heterocycles. The molecule has 2 bridgehead atoms. The van der Waals surface area contributed by atoms with Crippen LogP contribution in [0.1, 0.15) is 66.9 Å². The highest BCUT2D eigenvalue weighted by molar-refractivity contribution is 6.82. The topological polar surface area (TPSA) is 29.9 Å². The molecule has 34 heavy (non-hydrogen) atoms. The molecule has 5 rings (SSSR count). The number of hydrogen-bond donors (Lipinski definition) is 0. The van der Waals surface area contributed by atoms with Gasteiger partial charge in [0.15, 0.2) is 14.0 Å². The molecule has 3 fully saturated rings. The van der Waals surface area contributed by atoms with Gasteiger partial charge in [-0.2, -0.15) is 0 Å². The van der Waals surface area contributed by atoms with Crippen molar-refractivity contribution in [2.75, 3.05) is 33.2 Å². The third-order valence-corrected chi connectivity index (χ3v) is 15.4. The van der Waals surface area contributed by atoms with Crippen LogP contribution in [0.15, 0.2) is 24.4 Å². The van der Waals surface area contributed by atoms with Crippen molar-refractivity contribution in [2.45, 2.75) is 96.6 Å². The van der Waals surface area contributed by atoms with E-state index in [2.05, 4.69) is 94.1 Å². The van der Waals surface area contributed by atoms with Crippen molar-refractivity contribution in [3.8, 4) is 5.75 Å². The van der Waals surface area contributed by atoms with Gasteiger partial charge in [0, 0.05) is 30.4 Å². The third-order valence-electron chi connectivity index (χ3n) is 8.61. The number of ether oxygens (including phenoxy) is 1. The van der Waals surface area contributed by atoms with Crippen LogP contribution in [0.5, 0.6) is 5.75 Å². The average molecular weight is 486 g/mol. The van der Waals surface area contributed by atoms with Gasteiger partial charge in [-0.25, -0.2) is 0 Å². The summed E-state index contributed by atoms with van der Waals surface area (Å²) in [5.74, 6) is 1.02.